The molecule has 37 heavy (non-hydrogen) atoms. The van der Waals surface area contributed by atoms with Crippen LogP contribution in [0.5, 0.6) is 0 Å². The number of hydrazone groups is 1. The summed E-state index contributed by atoms with van der Waals surface area (Å²) in [6.07, 6.45) is 2.48. The van der Waals surface area contributed by atoms with Crippen LogP contribution in [-0.2, 0) is 28.2 Å². The van der Waals surface area contributed by atoms with Crippen LogP contribution >= 0.6 is 11.3 Å². The van der Waals surface area contributed by atoms with Gasteiger partial charge in [-0.3, -0.25) is 9.80 Å². The largest absolute Gasteiger partial charge is 0.321 e. The number of aryl methyl sites for hydroxylation is 2. The molecular formula is C27H30N4O4S2. The molecule has 0 saturated heterocycles. The zero-order valence-corrected chi connectivity index (χ0v) is 22.6. The Labute approximate surface area is 223 Å². The third-order valence-electron chi connectivity index (χ3n) is 6.39. The van der Waals surface area contributed by atoms with Crippen molar-refractivity contribution in [2.45, 2.75) is 52.0 Å². The molecule has 0 bridgehead atoms. The molecule has 3 aromatic rings. The van der Waals surface area contributed by atoms with Crippen LogP contribution in [0.4, 0.5) is 5.69 Å². The van der Waals surface area contributed by atoms with E-state index in [9.17, 15) is 13.8 Å². The lowest BCUT2D eigenvalue weighted by Gasteiger charge is -2.35. The zero-order chi connectivity index (χ0) is 26.5. The summed E-state index contributed by atoms with van der Waals surface area (Å²) in [5, 5.41) is 10.5. The number of carbonyl (C=O) groups excluding carboxylic acids is 2. The average Bonchev–Trinajstić information content (AvgIpc) is 3.23. The number of carbonyl (C=O) groups is 2. The molecule has 10 heteroatoms. The highest BCUT2D eigenvalue weighted by Gasteiger charge is 2.30. The van der Waals surface area contributed by atoms with Crippen LogP contribution in [0.25, 0.3) is 0 Å². The summed E-state index contributed by atoms with van der Waals surface area (Å²) >= 11 is -0.517. The first kappa shape index (κ1) is 26.8. The van der Waals surface area contributed by atoms with E-state index in [-0.39, 0.29) is 23.6 Å². The minimum absolute atomic E-state index is 0.0865. The minimum Gasteiger partial charge on any atom is -0.321 e. The van der Waals surface area contributed by atoms with Gasteiger partial charge in [0.05, 0.1) is 28.7 Å². The minimum atomic E-state index is -1.89. The smallest absolute Gasteiger partial charge is 0.267 e. The van der Waals surface area contributed by atoms with E-state index in [1.807, 2.05) is 67.4 Å². The Balaban J connectivity index is 1.51. The van der Waals surface area contributed by atoms with E-state index in [1.165, 1.54) is 11.3 Å². The molecule has 1 aromatic heterocycles. The molecule has 1 aliphatic rings. The van der Waals surface area contributed by atoms with Gasteiger partial charge in [-0.1, -0.05) is 43.3 Å². The Hall–Kier alpha value is -3.21. The number of rotatable bonds is 9. The molecule has 4 rings (SSSR count). The second kappa shape index (κ2) is 11.9. The first-order valence-electron chi connectivity index (χ1n) is 12.1. The summed E-state index contributed by atoms with van der Waals surface area (Å²) in [5.41, 5.74) is 5.01. The molecule has 2 aromatic carbocycles. The number of nitrogens with zero attached hydrogens (tertiary/aromatic N) is 3. The fourth-order valence-electron chi connectivity index (χ4n) is 4.48. The van der Waals surface area contributed by atoms with E-state index in [2.05, 4.69) is 17.2 Å². The van der Waals surface area contributed by atoms with E-state index >= 15 is 0 Å². The lowest BCUT2D eigenvalue weighted by Crippen LogP contribution is -2.41. The molecule has 1 amide bonds. The lowest BCUT2D eigenvalue weighted by molar-refractivity contribution is -0.113. The maximum atomic E-state index is 12.6. The first-order valence-corrected chi connectivity index (χ1v) is 14.2. The molecule has 1 aliphatic heterocycles. The van der Waals surface area contributed by atoms with E-state index < -0.39 is 11.1 Å². The predicted molar refractivity (Wildman–Crippen MR) is 147 cm³/mol. The lowest BCUT2D eigenvalue weighted by atomic mass is 9.87. The summed E-state index contributed by atoms with van der Waals surface area (Å²) in [6, 6.07) is 14.7. The predicted octanol–water partition coefficient (Wildman–Crippen LogP) is 4.94. The molecule has 0 aliphatic carbocycles. The van der Waals surface area contributed by atoms with Crippen LogP contribution in [0.15, 0.2) is 53.6 Å². The van der Waals surface area contributed by atoms with Crippen molar-refractivity contribution in [3.63, 3.8) is 0 Å². The van der Waals surface area contributed by atoms with E-state index in [0.29, 0.717) is 23.5 Å². The van der Waals surface area contributed by atoms with Gasteiger partial charge in [0.1, 0.15) is 17.2 Å². The van der Waals surface area contributed by atoms with Crippen molar-refractivity contribution in [3.05, 3.63) is 80.8 Å². The molecule has 2 N–H and O–H groups in total. The molecule has 0 spiro atoms. The fraction of sp³-hybridized carbons (Fsp3) is 0.333. The van der Waals surface area contributed by atoms with Gasteiger partial charge in [0.2, 0.25) is 0 Å². The van der Waals surface area contributed by atoms with Crippen LogP contribution < -0.4 is 5.32 Å². The topological polar surface area (TPSA) is 112 Å². The van der Waals surface area contributed by atoms with Crippen molar-refractivity contribution in [1.82, 2.24) is 9.99 Å². The van der Waals surface area contributed by atoms with Crippen LogP contribution in [0.2, 0.25) is 0 Å². The normalized spacial score (nSPS) is 18.3. The standard InChI is InChI=1S/C27H30N4O4S2/c1-4-21-13-24(15-32)31(30-25(21)22-9-5-20(6-10-22)16-37(34)35)14-19-7-11-23(12-8-19)29-27(33)26-17(2)28-18(3)36-26/h5-12,15,21,24H,4,13-14,16H2,1-3H3,(H,29,33)(H,34,35). The van der Waals surface area contributed by atoms with Gasteiger partial charge in [0, 0.05) is 11.6 Å². The van der Waals surface area contributed by atoms with Crippen molar-refractivity contribution < 1.29 is 18.4 Å². The summed E-state index contributed by atoms with van der Waals surface area (Å²) in [6.45, 7) is 6.24. The number of hydrogen-bond donors (Lipinski definition) is 2. The van der Waals surface area contributed by atoms with Gasteiger partial charge >= 0.3 is 0 Å². The summed E-state index contributed by atoms with van der Waals surface area (Å²) in [5.74, 6) is 0.0492. The van der Waals surface area contributed by atoms with Crippen LogP contribution in [0.3, 0.4) is 0 Å². The molecular weight excluding hydrogens is 508 g/mol. The maximum absolute atomic E-state index is 12.6. The molecule has 2 heterocycles. The van der Waals surface area contributed by atoms with Gasteiger partial charge in [0.25, 0.3) is 5.91 Å². The van der Waals surface area contributed by atoms with Gasteiger partial charge in [-0.2, -0.15) is 5.10 Å². The molecule has 194 valence electrons. The van der Waals surface area contributed by atoms with Crippen molar-refractivity contribution >= 4 is 46.0 Å². The van der Waals surface area contributed by atoms with Gasteiger partial charge in [-0.25, -0.2) is 9.19 Å². The molecule has 0 radical (unpaired) electrons. The molecule has 3 atom stereocenters. The molecule has 0 saturated carbocycles. The highest BCUT2D eigenvalue weighted by Crippen LogP contribution is 2.28. The van der Waals surface area contributed by atoms with Crippen molar-refractivity contribution in [1.29, 1.82) is 0 Å². The fourth-order valence-corrected chi connectivity index (χ4v) is 5.77. The third-order valence-corrected chi connectivity index (χ3v) is 8.04. The number of anilines is 1. The van der Waals surface area contributed by atoms with E-state index in [0.717, 1.165) is 45.8 Å². The van der Waals surface area contributed by atoms with Crippen LogP contribution in [0.1, 0.15) is 56.8 Å². The number of amides is 1. The Morgan fingerprint density at radius 3 is 2.41 bits per heavy atom. The number of benzene rings is 2. The summed E-state index contributed by atoms with van der Waals surface area (Å²) < 4.78 is 20.3. The number of thiazole rings is 1. The molecule has 8 nitrogen and oxygen atoms in total. The van der Waals surface area contributed by atoms with Crippen LogP contribution in [-0.4, -0.2) is 42.7 Å². The van der Waals surface area contributed by atoms with Crippen molar-refractivity contribution in [3.8, 4) is 0 Å². The molecule has 3 unspecified atom stereocenters. The maximum Gasteiger partial charge on any atom is 0.267 e. The van der Waals surface area contributed by atoms with E-state index in [4.69, 9.17) is 9.65 Å². The second-order valence-corrected chi connectivity index (χ2v) is 11.2. The Morgan fingerprint density at radius 2 is 1.84 bits per heavy atom. The van der Waals surface area contributed by atoms with Crippen LogP contribution in [0, 0.1) is 19.8 Å². The Bertz CT molecular complexity index is 1320. The number of aldehydes is 1. The van der Waals surface area contributed by atoms with Crippen molar-refractivity contribution in [2.24, 2.45) is 11.0 Å². The third kappa shape index (κ3) is 6.57. The monoisotopic (exact) mass is 538 g/mol. The molecule has 0 fully saturated rings. The van der Waals surface area contributed by atoms with Gasteiger partial charge in [-0.05, 0) is 55.5 Å². The number of hydrogen-bond acceptors (Lipinski definition) is 7. The van der Waals surface area contributed by atoms with E-state index in [1.54, 1.807) is 0 Å². The second-order valence-electron chi connectivity index (χ2n) is 9.09. The van der Waals surface area contributed by atoms with Crippen molar-refractivity contribution in [2.75, 3.05) is 5.32 Å². The zero-order valence-electron chi connectivity index (χ0n) is 21.0. The number of aromatic nitrogens is 1. The highest BCUT2D eigenvalue weighted by molar-refractivity contribution is 7.78. The SMILES string of the molecule is CCC1CC(C=O)N(Cc2ccc(NC(=O)c3sc(C)nc3C)cc2)N=C1c1ccc(CS(=O)O)cc1. The summed E-state index contributed by atoms with van der Waals surface area (Å²) in [7, 11) is 0. The number of nitrogens with one attached hydrogen (secondary N) is 1. The van der Waals surface area contributed by atoms with Gasteiger partial charge in [-0.15, -0.1) is 11.3 Å². The van der Waals surface area contributed by atoms with Gasteiger partial charge in [0.15, 0.2) is 11.1 Å². The average molecular weight is 539 g/mol. The quantitative estimate of drug-likeness (QED) is 0.295. The Morgan fingerprint density at radius 1 is 1.16 bits per heavy atom. The first-order chi connectivity index (χ1) is 17.8. The highest BCUT2D eigenvalue weighted by atomic mass is 32.2. The van der Waals surface area contributed by atoms with Gasteiger partial charge < -0.3 is 14.7 Å². The Kier molecular flexibility index (Phi) is 8.63. The summed E-state index contributed by atoms with van der Waals surface area (Å²) in [4.78, 5) is 29.5.